The summed E-state index contributed by atoms with van der Waals surface area (Å²) in [6.45, 7) is 5.83. The van der Waals surface area contributed by atoms with Crippen molar-refractivity contribution in [2.75, 3.05) is 0 Å². The van der Waals surface area contributed by atoms with Crippen LogP contribution in [0.3, 0.4) is 0 Å². The van der Waals surface area contributed by atoms with E-state index >= 15 is 0 Å². The van der Waals surface area contributed by atoms with Crippen molar-refractivity contribution in [1.29, 1.82) is 0 Å². The summed E-state index contributed by atoms with van der Waals surface area (Å²) in [6, 6.07) is 10.7. The number of fused-ring (bicyclic) bond motifs is 1. The summed E-state index contributed by atoms with van der Waals surface area (Å²) in [6.07, 6.45) is 0. The predicted molar refractivity (Wildman–Crippen MR) is 88.6 cm³/mol. The zero-order valence-corrected chi connectivity index (χ0v) is 12.8. The van der Waals surface area contributed by atoms with E-state index < -0.39 is 0 Å². The molecule has 0 radical (unpaired) electrons. The van der Waals surface area contributed by atoms with Gasteiger partial charge in [-0.1, -0.05) is 24.3 Å². The first kappa shape index (κ1) is 14.3. The van der Waals surface area contributed by atoms with Gasteiger partial charge in [-0.2, -0.15) is 0 Å². The van der Waals surface area contributed by atoms with Crippen LogP contribution in [0, 0.1) is 20.8 Å². The second kappa shape index (κ2) is 4.95. The van der Waals surface area contributed by atoms with Crippen LogP contribution in [0.4, 0.5) is 0 Å². The van der Waals surface area contributed by atoms with Gasteiger partial charge in [-0.25, -0.2) is 0 Å². The van der Waals surface area contributed by atoms with Crippen LogP contribution in [-0.4, -0.2) is 15.3 Å². The molecular weight excluding hydrogens is 276 g/mol. The van der Waals surface area contributed by atoms with Crippen molar-refractivity contribution >= 4 is 10.8 Å². The van der Waals surface area contributed by atoms with Crippen molar-refractivity contribution in [2.24, 2.45) is 0 Å². The van der Waals surface area contributed by atoms with Crippen LogP contribution < -0.4 is 0 Å². The molecule has 3 N–H and O–H groups in total. The SMILES string of the molecule is Cc1cc(O)c(-c2c(O)c(O)cc3ccccc23)c(C)c1C. The van der Waals surface area contributed by atoms with Crippen molar-refractivity contribution in [3.63, 3.8) is 0 Å². The molecule has 0 aliphatic heterocycles. The first-order valence-corrected chi connectivity index (χ1v) is 7.15. The Morgan fingerprint density at radius 3 is 2.14 bits per heavy atom. The largest absolute Gasteiger partial charge is 0.507 e. The van der Waals surface area contributed by atoms with E-state index in [1.807, 2.05) is 45.0 Å². The Hall–Kier alpha value is -2.68. The molecule has 0 bridgehead atoms. The first-order valence-electron chi connectivity index (χ1n) is 7.15. The second-order valence-corrected chi connectivity index (χ2v) is 5.68. The minimum Gasteiger partial charge on any atom is -0.507 e. The van der Waals surface area contributed by atoms with Crippen molar-refractivity contribution in [1.82, 2.24) is 0 Å². The maximum absolute atomic E-state index is 10.4. The minimum atomic E-state index is -0.208. The monoisotopic (exact) mass is 294 g/mol. The molecule has 3 heteroatoms. The lowest BCUT2D eigenvalue weighted by molar-refractivity contribution is 0.405. The minimum absolute atomic E-state index is 0.103. The van der Waals surface area contributed by atoms with Crippen LogP contribution in [0.2, 0.25) is 0 Å². The van der Waals surface area contributed by atoms with Gasteiger partial charge in [0.2, 0.25) is 0 Å². The fraction of sp³-hybridized carbons (Fsp3) is 0.158. The molecule has 22 heavy (non-hydrogen) atoms. The number of rotatable bonds is 1. The average Bonchev–Trinajstić information content (AvgIpc) is 2.49. The molecule has 0 fully saturated rings. The predicted octanol–water partition coefficient (Wildman–Crippen LogP) is 4.55. The maximum Gasteiger partial charge on any atom is 0.166 e. The summed E-state index contributed by atoms with van der Waals surface area (Å²) in [5.41, 5.74) is 3.97. The highest BCUT2D eigenvalue weighted by Gasteiger charge is 2.20. The van der Waals surface area contributed by atoms with Gasteiger partial charge in [-0.05, 0) is 60.4 Å². The van der Waals surface area contributed by atoms with Crippen molar-refractivity contribution < 1.29 is 15.3 Å². The normalized spacial score (nSPS) is 11.0. The van der Waals surface area contributed by atoms with E-state index in [-0.39, 0.29) is 17.2 Å². The number of aromatic hydroxyl groups is 3. The molecule has 0 unspecified atom stereocenters. The molecule has 0 heterocycles. The van der Waals surface area contributed by atoms with Gasteiger partial charge in [-0.15, -0.1) is 0 Å². The molecule has 112 valence electrons. The van der Waals surface area contributed by atoms with Gasteiger partial charge in [0.25, 0.3) is 0 Å². The fourth-order valence-electron chi connectivity index (χ4n) is 2.95. The molecular formula is C19H18O3. The Bertz CT molecular complexity index is 895. The van der Waals surface area contributed by atoms with Crippen LogP contribution in [0.1, 0.15) is 16.7 Å². The van der Waals surface area contributed by atoms with Crippen molar-refractivity contribution in [3.8, 4) is 28.4 Å². The third-order valence-electron chi connectivity index (χ3n) is 4.39. The lowest BCUT2D eigenvalue weighted by Crippen LogP contribution is -1.94. The Labute approximate surface area is 129 Å². The second-order valence-electron chi connectivity index (χ2n) is 5.68. The van der Waals surface area contributed by atoms with Gasteiger partial charge in [0.1, 0.15) is 5.75 Å². The third-order valence-corrected chi connectivity index (χ3v) is 4.39. The van der Waals surface area contributed by atoms with E-state index in [1.165, 1.54) is 6.07 Å². The van der Waals surface area contributed by atoms with Gasteiger partial charge in [0.05, 0.1) is 0 Å². The molecule has 0 amide bonds. The summed E-state index contributed by atoms with van der Waals surface area (Å²) in [4.78, 5) is 0. The standard InChI is InChI=1S/C19H18O3/c1-10-8-15(20)17(12(3)11(10)2)18-14-7-5-4-6-13(14)9-16(21)19(18)22/h4-9,20-22H,1-3H3. The molecule has 3 aromatic carbocycles. The molecule has 0 saturated carbocycles. The Kier molecular flexibility index (Phi) is 3.21. The lowest BCUT2D eigenvalue weighted by Gasteiger charge is -2.17. The Morgan fingerprint density at radius 1 is 0.727 bits per heavy atom. The van der Waals surface area contributed by atoms with E-state index in [1.54, 1.807) is 6.07 Å². The highest BCUT2D eigenvalue weighted by Crippen LogP contribution is 2.47. The summed E-state index contributed by atoms with van der Waals surface area (Å²) in [5, 5.41) is 32.5. The van der Waals surface area contributed by atoms with Crippen molar-refractivity contribution in [3.05, 3.63) is 53.1 Å². The van der Waals surface area contributed by atoms with E-state index in [4.69, 9.17) is 0 Å². The smallest absolute Gasteiger partial charge is 0.166 e. The lowest BCUT2D eigenvalue weighted by atomic mass is 9.89. The van der Waals surface area contributed by atoms with Crippen LogP contribution in [0.15, 0.2) is 36.4 Å². The van der Waals surface area contributed by atoms with E-state index in [9.17, 15) is 15.3 Å². The molecule has 3 rings (SSSR count). The molecule has 0 atom stereocenters. The van der Waals surface area contributed by atoms with Crippen LogP contribution in [-0.2, 0) is 0 Å². The topological polar surface area (TPSA) is 60.7 Å². The van der Waals surface area contributed by atoms with Crippen LogP contribution >= 0.6 is 0 Å². The molecule has 0 spiro atoms. The zero-order valence-electron chi connectivity index (χ0n) is 12.8. The Morgan fingerprint density at radius 2 is 1.41 bits per heavy atom. The van der Waals surface area contributed by atoms with Gasteiger partial charge in [0.15, 0.2) is 11.5 Å². The van der Waals surface area contributed by atoms with E-state index in [2.05, 4.69) is 0 Å². The quantitative estimate of drug-likeness (QED) is 0.577. The van der Waals surface area contributed by atoms with E-state index in [0.717, 1.165) is 27.5 Å². The Balaban J connectivity index is 2.51. The van der Waals surface area contributed by atoms with Gasteiger partial charge in [-0.3, -0.25) is 0 Å². The fourth-order valence-corrected chi connectivity index (χ4v) is 2.95. The number of hydrogen-bond donors (Lipinski definition) is 3. The molecule has 3 aromatic rings. The highest BCUT2D eigenvalue weighted by molar-refractivity contribution is 6.03. The number of aryl methyl sites for hydroxylation is 1. The van der Waals surface area contributed by atoms with E-state index in [0.29, 0.717) is 11.1 Å². The molecule has 3 nitrogen and oxygen atoms in total. The summed E-state index contributed by atoms with van der Waals surface area (Å²) >= 11 is 0. The summed E-state index contributed by atoms with van der Waals surface area (Å²) < 4.78 is 0. The molecule has 0 aromatic heterocycles. The van der Waals surface area contributed by atoms with Crippen LogP contribution in [0.5, 0.6) is 17.2 Å². The van der Waals surface area contributed by atoms with Gasteiger partial charge < -0.3 is 15.3 Å². The number of phenolic OH excluding ortho intramolecular Hbond substituents is 3. The molecule has 0 aliphatic rings. The van der Waals surface area contributed by atoms with Gasteiger partial charge >= 0.3 is 0 Å². The molecule has 0 aliphatic carbocycles. The first-order chi connectivity index (χ1) is 10.4. The average molecular weight is 294 g/mol. The van der Waals surface area contributed by atoms with Crippen LogP contribution in [0.25, 0.3) is 21.9 Å². The zero-order chi connectivity index (χ0) is 16.0. The van der Waals surface area contributed by atoms with Gasteiger partial charge in [0, 0.05) is 11.1 Å². The maximum atomic E-state index is 10.4. The third kappa shape index (κ3) is 1.98. The number of hydrogen-bond acceptors (Lipinski definition) is 3. The number of phenols is 3. The van der Waals surface area contributed by atoms with Crippen molar-refractivity contribution in [2.45, 2.75) is 20.8 Å². The number of benzene rings is 3. The summed E-state index contributed by atoms with van der Waals surface area (Å²) in [7, 11) is 0. The highest BCUT2D eigenvalue weighted by atomic mass is 16.3. The summed E-state index contributed by atoms with van der Waals surface area (Å²) in [5.74, 6) is -0.294. The molecule has 0 saturated heterocycles.